The molecule has 1 N–H and O–H groups in total. The van der Waals surface area contributed by atoms with Crippen LogP contribution in [0.5, 0.6) is 0 Å². The predicted octanol–water partition coefficient (Wildman–Crippen LogP) is 9.64. The molecule has 7 atom stereocenters. The fraction of sp³-hybridized carbons (Fsp3) is 0.404. The van der Waals surface area contributed by atoms with Crippen LogP contribution < -0.4 is 5.32 Å². The van der Waals surface area contributed by atoms with Gasteiger partial charge >= 0.3 is 11.9 Å². The highest BCUT2D eigenvalue weighted by molar-refractivity contribution is 9.10. The number of carbonyl (C=O) groups is 2. The average molecular weight is 805 g/mol. The molecule has 55 heavy (non-hydrogen) atoms. The van der Waals surface area contributed by atoms with Crippen molar-refractivity contribution >= 4 is 33.6 Å². The number of anilines is 1. The number of nitrogens with one attached hydrogen (secondary N) is 1. The van der Waals surface area contributed by atoms with Crippen LogP contribution in [-0.2, 0) is 34.1 Å². The molecule has 0 aromatic heterocycles. The fourth-order valence-electron chi connectivity index (χ4n) is 10.9. The minimum Gasteiger partial charge on any atom is -0.462 e. The van der Waals surface area contributed by atoms with E-state index in [4.69, 9.17) is 18.9 Å². The molecule has 4 aromatic rings. The van der Waals surface area contributed by atoms with Crippen molar-refractivity contribution in [1.29, 1.82) is 0 Å². The largest absolute Gasteiger partial charge is 0.462 e. The topological polar surface area (TPSA) is 83.1 Å². The van der Waals surface area contributed by atoms with Crippen LogP contribution in [-0.4, -0.2) is 49.5 Å². The Balaban J connectivity index is 1.20. The zero-order valence-electron chi connectivity index (χ0n) is 31.8. The molecule has 0 radical (unpaired) electrons. The van der Waals surface area contributed by atoms with Crippen molar-refractivity contribution in [3.63, 3.8) is 0 Å². The molecule has 0 bridgehead atoms. The number of rotatable bonds is 11. The van der Waals surface area contributed by atoms with Crippen LogP contribution in [0.3, 0.4) is 0 Å². The van der Waals surface area contributed by atoms with E-state index in [1.165, 1.54) is 6.92 Å². The van der Waals surface area contributed by atoms with E-state index >= 15 is 0 Å². The van der Waals surface area contributed by atoms with Gasteiger partial charge in [0.1, 0.15) is 18.3 Å². The monoisotopic (exact) mass is 803 g/mol. The van der Waals surface area contributed by atoms with E-state index in [1.54, 1.807) is 0 Å². The smallest absolute Gasteiger partial charge is 0.336 e. The first kappa shape index (κ1) is 37.7. The second kappa shape index (κ2) is 15.0. The molecular formula is C47H50BrNO6. The highest BCUT2D eigenvalue weighted by Crippen LogP contribution is 2.67. The Labute approximate surface area is 332 Å². The summed E-state index contributed by atoms with van der Waals surface area (Å²) in [5.41, 5.74) is 2.52. The van der Waals surface area contributed by atoms with Gasteiger partial charge in [0, 0.05) is 29.0 Å². The second-order valence-corrected chi connectivity index (χ2v) is 17.3. The number of esters is 2. The lowest BCUT2D eigenvalue weighted by Crippen LogP contribution is -2.64. The normalized spacial score (nSPS) is 30.1. The summed E-state index contributed by atoms with van der Waals surface area (Å²) in [4.78, 5) is 25.8. The number of benzene rings is 4. The summed E-state index contributed by atoms with van der Waals surface area (Å²) in [6, 6.07) is 39.6. The summed E-state index contributed by atoms with van der Waals surface area (Å²) >= 11 is 3.56. The van der Waals surface area contributed by atoms with Gasteiger partial charge in [-0.25, -0.2) is 4.79 Å². The van der Waals surface area contributed by atoms with Crippen LogP contribution in [0.2, 0.25) is 0 Å². The van der Waals surface area contributed by atoms with Crippen molar-refractivity contribution in [2.24, 2.45) is 22.7 Å². The molecule has 4 aliphatic rings. The molecule has 4 aromatic carbocycles. The van der Waals surface area contributed by atoms with Crippen molar-refractivity contribution in [3.8, 4) is 0 Å². The van der Waals surface area contributed by atoms with Gasteiger partial charge in [-0.15, -0.1) is 0 Å². The number of fused-ring (bicyclic) bond motifs is 3. The predicted molar refractivity (Wildman–Crippen MR) is 216 cm³/mol. The van der Waals surface area contributed by atoms with Gasteiger partial charge in [0.2, 0.25) is 0 Å². The number of halogens is 1. The van der Waals surface area contributed by atoms with Crippen LogP contribution in [0, 0.1) is 22.7 Å². The van der Waals surface area contributed by atoms with Crippen molar-refractivity contribution in [3.05, 3.63) is 148 Å². The molecule has 0 amide bonds. The first-order valence-corrected chi connectivity index (χ1v) is 20.4. The summed E-state index contributed by atoms with van der Waals surface area (Å²) in [6.45, 7) is 7.47. The first-order chi connectivity index (χ1) is 26.6. The maximum Gasteiger partial charge on any atom is 0.336 e. The Morgan fingerprint density at radius 2 is 1.44 bits per heavy atom. The summed E-state index contributed by atoms with van der Waals surface area (Å²) < 4.78 is 27.5. The zero-order valence-corrected chi connectivity index (χ0v) is 33.4. The maximum atomic E-state index is 13.0. The minimum atomic E-state index is -0.925. The molecule has 8 rings (SSSR count). The van der Waals surface area contributed by atoms with E-state index in [0.717, 1.165) is 46.1 Å². The number of carbonyl (C=O) groups excluding carboxylic acids is 2. The highest BCUT2D eigenvalue weighted by Gasteiger charge is 2.67. The van der Waals surface area contributed by atoms with Crippen LogP contribution in [0.4, 0.5) is 5.69 Å². The standard InChI is InChI=1S/C47H50BrNO6/c1-32(50)54-42-24-26-44(2)40(23-27-46(30-49-37-21-19-36(48)20-22-37)41(44)29-39(55-46)38-25-28-52-43(38)51)45(42,3)31-53-47(33-13-7-4-8-14-33,34-15-9-5-10-16-34)35-17-11-6-12-18-35/h4-22,25,39-42,49H,23-24,26-31H2,1-3H3/t39-,40-,41-,42+,44+,45-,46+/m0/s1. The Bertz CT molecular complexity index is 1930. The van der Waals surface area contributed by atoms with Crippen LogP contribution in [0.15, 0.2) is 131 Å². The molecule has 0 spiro atoms. The van der Waals surface area contributed by atoms with Crippen molar-refractivity contribution in [1.82, 2.24) is 0 Å². The number of hydrogen-bond donors (Lipinski definition) is 1. The maximum absolute atomic E-state index is 13.0. The Hall–Kier alpha value is -4.24. The van der Waals surface area contributed by atoms with Gasteiger partial charge < -0.3 is 24.3 Å². The van der Waals surface area contributed by atoms with E-state index in [0.29, 0.717) is 31.6 Å². The molecule has 2 aliphatic heterocycles. The van der Waals surface area contributed by atoms with Gasteiger partial charge in [0.05, 0.1) is 23.9 Å². The molecular weight excluding hydrogens is 754 g/mol. The van der Waals surface area contributed by atoms with Crippen LogP contribution in [0.1, 0.15) is 69.6 Å². The molecule has 2 heterocycles. The van der Waals surface area contributed by atoms with Crippen molar-refractivity contribution in [2.45, 2.75) is 76.3 Å². The third-order valence-electron chi connectivity index (χ3n) is 13.4. The Morgan fingerprint density at radius 1 is 0.836 bits per heavy atom. The summed E-state index contributed by atoms with van der Waals surface area (Å²) in [5.74, 6) is -0.325. The lowest BCUT2D eigenvalue weighted by molar-refractivity contribution is -0.220. The Morgan fingerprint density at radius 3 is 1.98 bits per heavy atom. The number of ether oxygens (including phenoxy) is 4. The fourth-order valence-corrected chi connectivity index (χ4v) is 11.1. The van der Waals surface area contributed by atoms with Crippen molar-refractivity contribution < 1.29 is 28.5 Å². The van der Waals surface area contributed by atoms with E-state index in [9.17, 15) is 9.59 Å². The number of hydrogen-bond acceptors (Lipinski definition) is 7. The molecule has 7 nitrogen and oxygen atoms in total. The lowest BCUT2D eigenvalue weighted by Gasteiger charge is -2.63. The highest BCUT2D eigenvalue weighted by atomic mass is 79.9. The van der Waals surface area contributed by atoms with Crippen molar-refractivity contribution in [2.75, 3.05) is 25.1 Å². The zero-order chi connectivity index (χ0) is 38.3. The molecule has 3 fully saturated rings. The summed E-state index contributed by atoms with van der Waals surface area (Å²) in [7, 11) is 0. The molecule has 8 heteroatoms. The molecule has 286 valence electrons. The van der Waals surface area contributed by atoms with Gasteiger partial charge in [0.25, 0.3) is 0 Å². The SMILES string of the molecule is CC(=O)O[C@@H]1CC[C@]2(C)[C@H](CC[C@]3(CNc4ccc(Br)cc4)O[C@H](C4=CCOC4=O)C[C@H]32)[C@]1(C)COC(c1ccccc1)(c1ccccc1)c1ccccc1. The Kier molecular flexibility index (Phi) is 10.3. The van der Waals surface area contributed by atoms with Gasteiger partial charge in [-0.3, -0.25) is 4.79 Å². The van der Waals surface area contributed by atoms with Gasteiger partial charge in [-0.1, -0.05) is 121 Å². The molecule has 0 unspecified atom stereocenters. The summed E-state index contributed by atoms with van der Waals surface area (Å²) in [6.07, 6.45) is 5.10. The number of cyclic esters (lactones) is 1. The van der Waals surface area contributed by atoms with Gasteiger partial charge in [-0.2, -0.15) is 0 Å². The molecule has 2 aliphatic carbocycles. The minimum absolute atomic E-state index is 0.112. The quantitative estimate of drug-likeness (QED) is 0.120. The van der Waals surface area contributed by atoms with E-state index in [-0.39, 0.29) is 48.0 Å². The molecule has 2 saturated carbocycles. The third kappa shape index (κ3) is 6.74. The lowest BCUT2D eigenvalue weighted by atomic mass is 9.44. The van der Waals surface area contributed by atoms with E-state index in [1.807, 2.05) is 36.4 Å². The van der Waals surface area contributed by atoms with E-state index < -0.39 is 16.6 Å². The second-order valence-electron chi connectivity index (χ2n) is 16.4. The molecule has 1 saturated heterocycles. The summed E-state index contributed by atoms with van der Waals surface area (Å²) in [5, 5.41) is 3.72. The first-order valence-electron chi connectivity index (χ1n) is 19.6. The van der Waals surface area contributed by atoms with Crippen LogP contribution >= 0.6 is 15.9 Å². The van der Waals surface area contributed by atoms with E-state index in [2.05, 4.69) is 120 Å². The van der Waals surface area contributed by atoms with Crippen LogP contribution in [0.25, 0.3) is 0 Å². The van der Waals surface area contributed by atoms with Gasteiger partial charge in [-0.05, 0) is 96.4 Å². The average Bonchev–Trinajstić information content (AvgIpc) is 3.82. The third-order valence-corrected chi connectivity index (χ3v) is 13.9. The van der Waals surface area contributed by atoms with Gasteiger partial charge in [0.15, 0.2) is 0 Å².